The van der Waals surface area contributed by atoms with E-state index in [0.717, 1.165) is 29.7 Å². The van der Waals surface area contributed by atoms with Gasteiger partial charge < -0.3 is 4.90 Å². The van der Waals surface area contributed by atoms with Gasteiger partial charge in [0.1, 0.15) is 0 Å². The first-order valence-electron chi connectivity index (χ1n) is 8.19. The number of anilines is 1. The molecule has 2 aliphatic heterocycles. The van der Waals surface area contributed by atoms with Gasteiger partial charge in [0, 0.05) is 16.9 Å². The van der Waals surface area contributed by atoms with Crippen molar-refractivity contribution < 1.29 is 13.2 Å². The molecule has 5 nitrogen and oxygen atoms in total. The summed E-state index contributed by atoms with van der Waals surface area (Å²) in [7, 11) is -3.02. The number of carbonyl (C=O) groups excluding carboxylic acids is 1. The summed E-state index contributed by atoms with van der Waals surface area (Å²) in [6.45, 7) is 4.05. The van der Waals surface area contributed by atoms with E-state index in [0.29, 0.717) is 5.17 Å². The van der Waals surface area contributed by atoms with Crippen LogP contribution < -0.4 is 4.90 Å². The minimum absolute atomic E-state index is 0.0402. The van der Waals surface area contributed by atoms with E-state index in [1.807, 2.05) is 30.9 Å². The molecule has 0 spiro atoms. The van der Waals surface area contributed by atoms with E-state index in [1.54, 1.807) is 0 Å². The number of amides is 1. The lowest BCUT2D eigenvalue weighted by Crippen LogP contribution is -2.37. The molecule has 2 saturated heterocycles. The van der Waals surface area contributed by atoms with Gasteiger partial charge >= 0.3 is 0 Å². The maximum atomic E-state index is 12.2. The van der Waals surface area contributed by atoms with Crippen molar-refractivity contribution in [2.24, 2.45) is 10.9 Å². The standard InChI is InChI=1S/C17H20N2O3S2/c1-10-5-11(2)7-13(6-10)19-14-8-24(21,22)9-15(14)23-17(19)18-16(20)12-3-4-12/h5-7,12,14-15H,3-4,8-9H2,1-2H3/t14-,15+/m1/s1. The molecule has 2 atom stereocenters. The minimum Gasteiger partial charge on any atom is -0.316 e. The van der Waals surface area contributed by atoms with Crippen LogP contribution in [0.4, 0.5) is 5.69 Å². The molecule has 1 aliphatic carbocycles. The normalized spacial score (nSPS) is 29.9. The van der Waals surface area contributed by atoms with Gasteiger partial charge in [-0.3, -0.25) is 4.79 Å². The predicted octanol–water partition coefficient (Wildman–Crippen LogP) is 2.31. The average Bonchev–Trinajstić information content (AvgIpc) is 3.18. The Kier molecular flexibility index (Phi) is 3.76. The highest BCUT2D eigenvalue weighted by atomic mass is 32.2. The fourth-order valence-electron chi connectivity index (χ4n) is 3.47. The molecule has 0 aromatic heterocycles. The highest BCUT2D eigenvalue weighted by Crippen LogP contribution is 2.42. The van der Waals surface area contributed by atoms with Crippen molar-refractivity contribution in [3.05, 3.63) is 29.3 Å². The third-order valence-corrected chi connectivity index (χ3v) is 7.89. The van der Waals surface area contributed by atoms with Crippen LogP contribution >= 0.6 is 11.8 Å². The Morgan fingerprint density at radius 1 is 1.17 bits per heavy atom. The summed E-state index contributed by atoms with van der Waals surface area (Å²) in [6.07, 6.45) is 1.84. The molecule has 1 aromatic carbocycles. The number of thioether (sulfide) groups is 1. The van der Waals surface area contributed by atoms with Gasteiger partial charge in [0.05, 0.1) is 17.5 Å². The number of fused-ring (bicyclic) bond motifs is 1. The number of amidine groups is 1. The van der Waals surface area contributed by atoms with Gasteiger partial charge in [0.25, 0.3) is 5.91 Å². The molecule has 1 saturated carbocycles. The molecule has 1 amide bonds. The Morgan fingerprint density at radius 2 is 1.83 bits per heavy atom. The average molecular weight is 364 g/mol. The number of hydrogen-bond donors (Lipinski definition) is 0. The molecular weight excluding hydrogens is 344 g/mol. The number of rotatable bonds is 2. The Balaban J connectivity index is 1.75. The summed E-state index contributed by atoms with van der Waals surface area (Å²) in [6, 6.07) is 6.03. The second-order valence-electron chi connectivity index (χ2n) is 7.02. The second kappa shape index (κ2) is 5.59. The van der Waals surface area contributed by atoms with E-state index in [1.165, 1.54) is 11.8 Å². The Bertz CT molecular complexity index is 823. The fraction of sp³-hybridized carbons (Fsp3) is 0.529. The Labute approximate surface area is 146 Å². The maximum absolute atomic E-state index is 12.2. The van der Waals surface area contributed by atoms with E-state index in [9.17, 15) is 13.2 Å². The molecule has 3 fully saturated rings. The van der Waals surface area contributed by atoms with Crippen LogP contribution in [0.1, 0.15) is 24.0 Å². The topological polar surface area (TPSA) is 66.8 Å². The predicted molar refractivity (Wildman–Crippen MR) is 97.4 cm³/mol. The van der Waals surface area contributed by atoms with Gasteiger partial charge in [-0.05, 0) is 49.9 Å². The minimum atomic E-state index is -3.02. The quantitative estimate of drug-likeness (QED) is 0.806. The van der Waals surface area contributed by atoms with Crippen molar-refractivity contribution in [1.82, 2.24) is 0 Å². The monoisotopic (exact) mass is 364 g/mol. The summed E-state index contributed by atoms with van der Waals surface area (Å²) in [5, 5.41) is 0.628. The molecule has 3 aliphatic rings. The van der Waals surface area contributed by atoms with Gasteiger partial charge in [-0.2, -0.15) is 4.99 Å². The fourth-order valence-corrected chi connectivity index (χ4v) is 7.39. The lowest BCUT2D eigenvalue weighted by atomic mass is 10.1. The van der Waals surface area contributed by atoms with Crippen molar-refractivity contribution in [2.45, 2.75) is 38.0 Å². The third kappa shape index (κ3) is 2.99. The van der Waals surface area contributed by atoms with Crippen LogP contribution in [0.15, 0.2) is 23.2 Å². The summed E-state index contributed by atoms with van der Waals surface area (Å²) >= 11 is 1.45. The first-order valence-corrected chi connectivity index (χ1v) is 10.9. The summed E-state index contributed by atoms with van der Waals surface area (Å²) in [5.41, 5.74) is 3.17. The number of benzene rings is 1. The van der Waals surface area contributed by atoms with E-state index < -0.39 is 9.84 Å². The molecule has 7 heteroatoms. The number of nitrogens with zero attached hydrogens (tertiary/aromatic N) is 2. The lowest BCUT2D eigenvalue weighted by molar-refractivity contribution is -0.118. The summed E-state index contributed by atoms with van der Waals surface area (Å²) < 4.78 is 24.1. The molecule has 0 radical (unpaired) electrons. The largest absolute Gasteiger partial charge is 0.316 e. The van der Waals surface area contributed by atoms with Crippen LogP contribution in [-0.2, 0) is 14.6 Å². The number of sulfone groups is 1. The molecule has 4 rings (SSSR count). The molecule has 0 bridgehead atoms. The van der Waals surface area contributed by atoms with Crippen molar-refractivity contribution in [3.8, 4) is 0 Å². The zero-order valence-corrected chi connectivity index (χ0v) is 15.4. The van der Waals surface area contributed by atoms with E-state index in [-0.39, 0.29) is 34.6 Å². The first kappa shape index (κ1) is 16.1. The highest BCUT2D eigenvalue weighted by molar-refractivity contribution is 8.16. The summed E-state index contributed by atoms with van der Waals surface area (Å²) in [4.78, 5) is 18.5. The van der Waals surface area contributed by atoms with E-state index in [2.05, 4.69) is 11.1 Å². The molecule has 0 N–H and O–H groups in total. The van der Waals surface area contributed by atoms with Crippen molar-refractivity contribution in [2.75, 3.05) is 16.4 Å². The van der Waals surface area contributed by atoms with Crippen LogP contribution in [-0.4, -0.2) is 42.3 Å². The van der Waals surface area contributed by atoms with E-state index in [4.69, 9.17) is 0 Å². The van der Waals surface area contributed by atoms with Crippen LogP contribution in [0.25, 0.3) is 0 Å². The van der Waals surface area contributed by atoms with Crippen LogP contribution in [0, 0.1) is 19.8 Å². The SMILES string of the molecule is Cc1cc(C)cc(N2C(=NC(=O)C3CC3)S[C@H]3CS(=O)(=O)C[C@H]32)c1. The smallest absolute Gasteiger partial charge is 0.251 e. The van der Waals surface area contributed by atoms with E-state index >= 15 is 0 Å². The Morgan fingerprint density at radius 3 is 2.46 bits per heavy atom. The second-order valence-corrected chi connectivity index (χ2v) is 10.4. The lowest BCUT2D eigenvalue weighted by Gasteiger charge is -2.25. The van der Waals surface area contributed by atoms with Gasteiger partial charge in [-0.1, -0.05) is 17.8 Å². The van der Waals surface area contributed by atoms with Gasteiger partial charge in [0.2, 0.25) is 0 Å². The highest BCUT2D eigenvalue weighted by Gasteiger charge is 2.49. The molecule has 1 aromatic rings. The summed E-state index contributed by atoms with van der Waals surface area (Å²) in [5.74, 6) is 0.312. The van der Waals surface area contributed by atoms with Gasteiger partial charge in [0.15, 0.2) is 15.0 Å². The van der Waals surface area contributed by atoms with Crippen molar-refractivity contribution in [3.63, 3.8) is 0 Å². The first-order chi connectivity index (χ1) is 11.3. The zero-order valence-electron chi connectivity index (χ0n) is 13.7. The Hall–Kier alpha value is -1.34. The number of hydrogen-bond acceptors (Lipinski definition) is 4. The molecule has 24 heavy (non-hydrogen) atoms. The molecule has 128 valence electrons. The number of aryl methyl sites for hydroxylation is 2. The van der Waals surface area contributed by atoms with Crippen molar-refractivity contribution >= 4 is 38.4 Å². The third-order valence-electron chi connectivity index (χ3n) is 4.68. The maximum Gasteiger partial charge on any atom is 0.251 e. The van der Waals surface area contributed by atoms with Crippen LogP contribution in [0.3, 0.4) is 0 Å². The van der Waals surface area contributed by atoms with Crippen LogP contribution in [0.2, 0.25) is 0 Å². The van der Waals surface area contributed by atoms with Gasteiger partial charge in [-0.25, -0.2) is 8.42 Å². The van der Waals surface area contributed by atoms with Crippen molar-refractivity contribution in [1.29, 1.82) is 0 Å². The van der Waals surface area contributed by atoms with Crippen LogP contribution in [0.5, 0.6) is 0 Å². The molecule has 0 unspecified atom stereocenters. The number of carbonyl (C=O) groups is 1. The molecule has 2 heterocycles. The zero-order chi connectivity index (χ0) is 17.1. The number of aliphatic imine (C=N–C) groups is 1. The molecular formula is C17H20N2O3S2. The van der Waals surface area contributed by atoms with Gasteiger partial charge in [-0.15, -0.1) is 0 Å².